The number of hydrogen-bond donors (Lipinski definition) is 1. The van der Waals surface area contributed by atoms with E-state index < -0.39 is 21.7 Å². The Kier molecular flexibility index (Phi) is 9.11. The molecule has 1 unspecified atom stereocenters. The van der Waals surface area contributed by atoms with Crippen molar-refractivity contribution in [3.63, 3.8) is 0 Å². The first-order valence-corrected chi connectivity index (χ1v) is 18.0. The number of rotatable bonds is 1. The Morgan fingerprint density at radius 3 is 2.48 bits per heavy atom. The maximum absolute atomic E-state index is 15.9. The first-order chi connectivity index (χ1) is 21.1. The zero-order valence-corrected chi connectivity index (χ0v) is 26.6. The van der Waals surface area contributed by atoms with Crippen LogP contribution in [0, 0.1) is 5.92 Å². The normalized spacial score (nSPS) is 28.1. The van der Waals surface area contributed by atoms with Gasteiger partial charge in [0.1, 0.15) is 33.2 Å². The van der Waals surface area contributed by atoms with E-state index in [-0.39, 0.29) is 29.0 Å². The van der Waals surface area contributed by atoms with E-state index in [2.05, 4.69) is 27.1 Å². The summed E-state index contributed by atoms with van der Waals surface area (Å²) in [6.45, 7) is 6.13. The lowest BCUT2D eigenvalue weighted by molar-refractivity contribution is -0.0883. The summed E-state index contributed by atoms with van der Waals surface area (Å²) in [6.07, 6.45) is 7.63. The highest BCUT2D eigenvalue weighted by atomic mass is 32.2. The molecule has 238 valence electrons. The van der Waals surface area contributed by atoms with Crippen molar-refractivity contribution in [3.8, 4) is 5.75 Å². The summed E-state index contributed by atoms with van der Waals surface area (Å²) in [6, 6.07) is 10.9. The summed E-state index contributed by atoms with van der Waals surface area (Å²) in [7, 11) is -3.00. The fraction of sp³-hybridized carbons (Fsp3) is 0.588. The Hall–Kier alpha value is -2.85. The number of sulfone groups is 1. The summed E-state index contributed by atoms with van der Waals surface area (Å²) in [5.74, 6) is -1.85. The number of alkyl halides is 2. The lowest BCUT2D eigenvalue weighted by atomic mass is 9.85. The second-order valence-corrected chi connectivity index (χ2v) is 15.3. The number of anilines is 1. The first kappa shape index (κ1) is 31.1. The summed E-state index contributed by atoms with van der Waals surface area (Å²) in [4.78, 5) is 11.5. The summed E-state index contributed by atoms with van der Waals surface area (Å²) in [5.41, 5.74) is 2.53. The van der Waals surface area contributed by atoms with Gasteiger partial charge in [-0.25, -0.2) is 27.2 Å². The van der Waals surface area contributed by atoms with E-state index in [1.807, 2.05) is 25.1 Å². The van der Waals surface area contributed by atoms with Gasteiger partial charge in [0.25, 0.3) is 5.92 Å². The van der Waals surface area contributed by atoms with Crippen LogP contribution in [0.25, 0.3) is 10.9 Å². The highest BCUT2D eigenvalue weighted by molar-refractivity contribution is 7.91. The van der Waals surface area contributed by atoms with Gasteiger partial charge in [-0.3, -0.25) is 0 Å². The molecule has 2 fully saturated rings. The minimum atomic E-state index is -3.00. The van der Waals surface area contributed by atoms with E-state index in [0.29, 0.717) is 68.5 Å². The third-order valence-electron chi connectivity index (χ3n) is 10.1. The monoisotopic (exact) mass is 626 g/mol. The maximum atomic E-state index is 15.9. The zero-order chi connectivity index (χ0) is 30.9. The SMILES string of the molecule is CC1CCCCCOc2cc(C3CCS(=O)(=O)CC3)cc3c(ncnc23)N[C@H](C)c2cccc(c2)C(F)(F)C2CCN1CC2. The Morgan fingerprint density at radius 1 is 0.932 bits per heavy atom. The lowest BCUT2D eigenvalue weighted by Gasteiger charge is -2.39. The third kappa shape index (κ3) is 6.71. The van der Waals surface area contributed by atoms with Crippen molar-refractivity contribution in [1.29, 1.82) is 0 Å². The van der Waals surface area contributed by atoms with Gasteiger partial charge in [-0.05, 0) is 101 Å². The number of fused-ring (bicyclic) bond motifs is 9. The van der Waals surface area contributed by atoms with E-state index in [0.717, 1.165) is 42.2 Å². The van der Waals surface area contributed by atoms with Crippen LogP contribution in [0.1, 0.15) is 93.9 Å². The lowest BCUT2D eigenvalue weighted by Crippen LogP contribution is -2.43. The van der Waals surface area contributed by atoms with Crippen LogP contribution in [0.15, 0.2) is 42.7 Å². The molecule has 0 radical (unpaired) electrons. The van der Waals surface area contributed by atoms with E-state index in [1.54, 1.807) is 18.2 Å². The summed E-state index contributed by atoms with van der Waals surface area (Å²) >= 11 is 0. The number of ether oxygens (including phenoxy) is 1. The van der Waals surface area contributed by atoms with Crippen molar-refractivity contribution in [1.82, 2.24) is 14.9 Å². The van der Waals surface area contributed by atoms with E-state index in [9.17, 15) is 8.42 Å². The summed E-state index contributed by atoms with van der Waals surface area (Å²) < 4.78 is 62.5. The van der Waals surface area contributed by atoms with Crippen LogP contribution in [0.2, 0.25) is 0 Å². The average Bonchev–Trinajstić information content (AvgIpc) is 3.02. The van der Waals surface area contributed by atoms with Crippen molar-refractivity contribution in [2.45, 2.75) is 89.1 Å². The predicted molar refractivity (Wildman–Crippen MR) is 170 cm³/mol. The van der Waals surface area contributed by atoms with Crippen molar-refractivity contribution in [3.05, 3.63) is 59.4 Å². The van der Waals surface area contributed by atoms with Crippen LogP contribution >= 0.6 is 0 Å². The molecule has 44 heavy (non-hydrogen) atoms. The van der Waals surface area contributed by atoms with Crippen molar-refractivity contribution in [2.75, 3.05) is 36.5 Å². The molecule has 0 saturated carbocycles. The largest absolute Gasteiger partial charge is 0.491 e. The highest BCUT2D eigenvalue weighted by Crippen LogP contribution is 2.43. The smallest absolute Gasteiger partial charge is 0.276 e. The molecular weight excluding hydrogens is 582 g/mol. The Balaban J connectivity index is 1.36. The molecule has 2 saturated heterocycles. The van der Waals surface area contributed by atoms with Crippen molar-refractivity contribution < 1.29 is 21.9 Å². The number of piperidine rings is 1. The molecule has 4 aliphatic rings. The molecule has 1 aromatic heterocycles. The molecule has 10 heteroatoms. The molecule has 3 aromatic rings. The topological polar surface area (TPSA) is 84.4 Å². The minimum Gasteiger partial charge on any atom is -0.491 e. The molecule has 7 rings (SSSR count). The standard InChI is InChI=1S/C34H44F2N4O3S/c1-23-7-4-3-5-16-43-31-21-27(25-12-17-44(41,42)18-13-25)20-30-32(31)37-22-38-33(30)39-24(2)26-8-6-9-29(19-26)34(35,36)28-10-14-40(23)15-11-28/h6,8-9,19-25,28H,3-5,7,10-18H2,1-2H3,(H,37,38,39)/t23?,24-/m1/s1. The second kappa shape index (κ2) is 12.9. The second-order valence-electron chi connectivity index (χ2n) is 13.0. The maximum Gasteiger partial charge on any atom is 0.276 e. The third-order valence-corrected chi connectivity index (χ3v) is 11.8. The van der Waals surface area contributed by atoms with Crippen LogP contribution in [0.3, 0.4) is 0 Å². The van der Waals surface area contributed by atoms with Gasteiger partial charge in [0, 0.05) is 29.0 Å². The molecule has 5 heterocycles. The van der Waals surface area contributed by atoms with Crippen LogP contribution in [-0.4, -0.2) is 60.5 Å². The molecule has 4 aliphatic heterocycles. The van der Waals surface area contributed by atoms with Crippen LogP contribution in [-0.2, 0) is 15.8 Å². The van der Waals surface area contributed by atoms with Gasteiger partial charge >= 0.3 is 0 Å². The van der Waals surface area contributed by atoms with Gasteiger partial charge in [0.2, 0.25) is 0 Å². The van der Waals surface area contributed by atoms with Gasteiger partial charge in [0.05, 0.1) is 18.1 Å². The van der Waals surface area contributed by atoms with Gasteiger partial charge in [-0.1, -0.05) is 31.0 Å². The Labute approximate surface area is 259 Å². The van der Waals surface area contributed by atoms with Gasteiger partial charge in [-0.2, -0.15) is 0 Å². The molecule has 0 amide bonds. The number of nitrogens with zero attached hydrogens (tertiary/aromatic N) is 3. The van der Waals surface area contributed by atoms with E-state index >= 15 is 8.78 Å². The molecule has 0 aliphatic carbocycles. The van der Waals surface area contributed by atoms with Crippen molar-refractivity contribution >= 4 is 26.6 Å². The number of nitrogens with one attached hydrogen (secondary N) is 1. The molecule has 7 nitrogen and oxygen atoms in total. The van der Waals surface area contributed by atoms with Gasteiger partial charge in [-0.15, -0.1) is 0 Å². The molecular formula is C34H44F2N4O3S. The van der Waals surface area contributed by atoms with Crippen LogP contribution in [0.4, 0.5) is 14.6 Å². The van der Waals surface area contributed by atoms with Crippen molar-refractivity contribution in [2.24, 2.45) is 5.92 Å². The highest BCUT2D eigenvalue weighted by Gasteiger charge is 2.43. The predicted octanol–water partition coefficient (Wildman–Crippen LogP) is 7.24. The average molecular weight is 627 g/mol. The molecule has 1 N–H and O–H groups in total. The molecule has 0 spiro atoms. The van der Waals surface area contributed by atoms with E-state index in [1.165, 1.54) is 6.33 Å². The Morgan fingerprint density at radius 2 is 1.70 bits per heavy atom. The van der Waals surface area contributed by atoms with E-state index in [4.69, 9.17) is 4.74 Å². The molecule has 2 atom stereocenters. The van der Waals surface area contributed by atoms with Crippen LogP contribution < -0.4 is 10.1 Å². The fourth-order valence-corrected chi connectivity index (χ4v) is 8.66. The minimum absolute atomic E-state index is 0.0683. The van der Waals surface area contributed by atoms with Gasteiger partial charge in [0.15, 0.2) is 0 Å². The van der Waals surface area contributed by atoms with Gasteiger partial charge < -0.3 is 15.0 Å². The number of hydrogen-bond acceptors (Lipinski definition) is 7. The molecule has 8 bridgehead atoms. The summed E-state index contributed by atoms with van der Waals surface area (Å²) in [5, 5.41) is 4.26. The Bertz CT molecular complexity index is 1560. The number of halogens is 2. The fourth-order valence-electron chi connectivity index (χ4n) is 7.17. The quantitative estimate of drug-likeness (QED) is 0.305. The number of benzene rings is 2. The number of aromatic nitrogens is 2. The van der Waals surface area contributed by atoms with Crippen LogP contribution in [0.5, 0.6) is 5.75 Å². The zero-order valence-electron chi connectivity index (χ0n) is 25.8. The first-order valence-electron chi connectivity index (χ1n) is 16.2. The molecule has 2 aromatic carbocycles.